The quantitative estimate of drug-likeness (QED) is 0.423. The van der Waals surface area contributed by atoms with Crippen LogP contribution >= 0.6 is 0 Å². The predicted octanol–water partition coefficient (Wildman–Crippen LogP) is 4.41. The van der Waals surface area contributed by atoms with Crippen molar-refractivity contribution >= 4 is 28.4 Å². The van der Waals surface area contributed by atoms with Crippen molar-refractivity contribution in [2.45, 2.75) is 69.9 Å². The first-order valence-corrected chi connectivity index (χ1v) is 14.5. The van der Waals surface area contributed by atoms with Crippen LogP contribution in [0.1, 0.15) is 78.1 Å². The Morgan fingerprint density at radius 1 is 0.872 bits per heavy atom. The van der Waals surface area contributed by atoms with Gasteiger partial charge in [0.1, 0.15) is 0 Å². The first kappa shape index (κ1) is 25.9. The van der Waals surface area contributed by atoms with E-state index in [4.69, 9.17) is 0 Å². The van der Waals surface area contributed by atoms with Gasteiger partial charge in [0.2, 0.25) is 0 Å². The van der Waals surface area contributed by atoms with Crippen molar-refractivity contribution in [1.82, 2.24) is 25.7 Å². The second-order valence-corrected chi connectivity index (χ2v) is 12.0. The van der Waals surface area contributed by atoms with Crippen LogP contribution in [0.5, 0.6) is 0 Å². The van der Waals surface area contributed by atoms with Crippen LogP contribution in [-0.2, 0) is 0 Å². The maximum absolute atomic E-state index is 13.2. The number of carbonyl (C=O) groups excluding carboxylic acids is 2. The molecule has 2 bridgehead atoms. The number of aryl methyl sites for hydroxylation is 1. The van der Waals surface area contributed by atoms with Crippen LogP contribution in [0.15, 0.2) is 42.6 Å². The summed E-state index contributed by atoms with van der Waals surface area (Å²) in [6.07, 6.45) is 8.28. The number of amides is 2. The maximum Gasteiger partial charge on any atom is 0.251 e. The smallest absolute Gasteiger partial charge is 0.251 e. The molecule has 4 fully saturated rings. The molecule has 1 aliphatic heterocycles. The van der Waals surface area contributed by atoms with Crippen molar-refractivity contribution in [2.24, 2.45) is 0 Å². The summed E-state index contributed by atoms with van der Waals surface area (Å²) in [5.41, 5.74) is 4.22. The Morgan fingerprint density at radius 2 is 1.46 bits per heavy atom. The fraction of sp³-hybridized carbons (Fsp3) is 0.516. The molecule has 1 saturated heterocycles. The lowest BCUT2D eigenvalue weighted by atomic mass is 9.61. The minimum Gasteiger partial charge on any atom is -0.369 e. The van der Waals surface area contributed by atoms with Crippen LogP contribution in [0.4, 0.5) is 5.69 Å². The van der Waals surface area contributed by atoms with Gasteiger partial charge in [-0.25, -0.2) is 0 Å². The monoisotopic (exact) mass is 528 g/mol. The first-order chi connectivity index (χ1) is 18.9. The van der Waals surface area contributed by atoms with Crippen LogP contribution < -0.4 is 15.5 Å². The number of rotatable bonds is 7. The Bertz CT molecular complexity index is 1330. The van der Waals surface area contributed by atoms with Gasteiger partial charge in [0.05, 0.1) is 11.7 Å². The topological polar surface area (TPSA) is 93.4 Å². The normalized spacial score (nSPS) is 25.1. The zero-order chi connectivity index (χ0) is 27.0. The fourth-order valence-corrected chi connectivity index (χ4v) is 6.92. The number of nitrogens with zero attached hydrogens (tertiary/aromatic N) is 3. The van der Waals surface area contributed by atoms with E-state index in [2.05, 4.69) is 49.7 Å². The van der Waals surface area contributed by atoms with Crippen molar-refractivity contribution < 1.29 is 9.59 Å². The average molecular weight is 529 g/mol. The highest BCUT2D eigenvalue weighted by atomic mass is 16.2. The molecule has 2 heterocycles. The molecule has 3 aromatic rings. The number of hydrogen-bond acceptors (Lipinski definition) is 5. The zero-order valence-electron chi connectivity index (χ0n) is 23.2. The summed E-state index contributed by atoms with van der Waals surface area (Å²) in [4.78, 5) is 31.4. The highest BCUT2D eigenvalue weighted by molar-refractivity contribution is 5.99. The van der Waals surface area contributed by atoms with Crippen LogP contribution in [0.25, 0.3) is 10.9 Å². The van der Waals surface area contributed by atoms with E-state index >= 15 is 0 Å². The number of hydrogen-bond donors (Lipinski definition) is 3. The third-order valence-electron chi connectivity index (χ3n) is 9.42. The minimum absolute atomic E-state index is 0.0108. The molecule has 0 spiro atoms. The molecule has 4 aliphatic rings. The van der Waals surface area contributed by atoms with Crippen LogP contribution in [-0.4, -0.2) is 70.7 Å². The molecule has 0 radical (unpaired) electrons. The molecule has 3 N–H and O–H groups in total. The number of benzene rings is 2. The molecule has 8 heteroatoms. The van der Waals surface area contributed by atoms with E-state index in [1.54, 1.807) is 6.20 Å². The Labute approximate surface area is 230 Å². The van der Waals surface area contributed by atoms with Gasteiger partial charge in [-0.05, 0) is 100 Å². The lowest BCUT2D eigenvalue weighted by molar-refractivity contribution is 0.0441. The maximum atomic E-state index is 13.2. The number of nitrogens with one attached hydrogen (secondary N) is 3. The van der Waals surface area contributed by atoms with E-state index < -0.39 is 0 Å². The number of carbonyl (C=O) groups is 2. The van der Waals surface area contributed by atoms with Crippen LogP contribution in [0, 0.1) is 6.92 Å². The molecule has 8 nitrogen and oxygen atoms in total. The molecule has 206 valence electrons. The van der Waals surface area contributed by atoms with Gasteiger partial charge in [-0.15, -0.1) is 0 Å². The molecule has 39 heavy (non-hydrogen) atoms. The fourth-order valence-electron chi connectivity index (χ4n) is 6.92. The summed E-state index contributed by atoms with van der Waals surface area (Å²) in [5.74, 6) is -0.0110. The molecular formula is C31H40N6O2. The number of H-pyrrole nitrogens is 1. The van der Waals surface area contributed by atoms with Gasteiger partial charge >= 0.3 is 0 Å². The SMILES string of the molecule is CCCN1CCN(c2ccc(C(=O)NC34CCC(NC(=O)c5cc(C)c6[nH]ncc6c5)(CC3)CC4)cc2)CC1. The van der Waals surface area contributed by atoms with E-state index in [1.807, 2.05) is 31.2 Å². The second kappa shape index (κ2) is 10.3. The first-order valence-electron chi connectivity index (χ1n) is 14.5. The molecule has 7 rings (SSSR count). The van der Waals surface area contributed by atoms with Crippen molar-refractivity contribution in [3.05, 3.63) is 59.3 Å². The molecule has 3 aliphatic carbocycles. The van der Waals surface area contributed by atoms with E-state index in [0.717, 1.165) is 86.7 Å². The standard InChI is InChI=1S/C31H40N6O2/c1-3-14-36-15-17-37(18-16-36)26-6-4-23(5-7-26)28(38)33-30-8-11-31(12-9-30,13-10-30)34-29(39)24-19-22(2)27-25(20-24)21-32-35-27/h4-7,19-21H,3,8-18H2,1-2H3,(H,32,35)(H,33,38)(H,34,39). The van der Waals surface area contributed by atoms with Crippen molar-refractivity contribution in [2.75, 3.05) is 37.6 Å². The lowest BCUT2D eigenvalue weighted by Crippen LogP contribution is -2.63. The van der Waals surface area contributed by atoms with E-state index in [9.17, 15) is 9.59 Å². The minimum atomic E-state index is -0.189. The van der Waals surface area contributed by atoms with Gasteiger partial charge < -0.3 is 15.5 Å². The van der Waals surface area contributed by atoms with E-state index in [1.165, 1.54) is 18.7 Å². The summed E-state index contributed by atoms with van der Waals surface area (Å²) >= 11 is 0. The highest BCUT2D eigenvalue weighted by Gasteiger charge is 2.50. The third-order valence-corrected chi connectivity index (χ3v) is 9.42. The van der Waals surface area contributed by atoms with E-state index in [-0.39, 0.29) is 22.9 Å². The number of piperazine rings is 1. The summed E-state index contributed by atoms with van der Waals surface area (Å²) in [6.45, 7) is 9.66. The average Bonchev–Trinajstić information content (AvgIpc) is 3.44. The summed E-state index contributed by atoms with van der Waals surface area (Å²) < 4.78 is 0. The van der Waals surface area contributed by atoms with E-state index in [0.29, 0.717) is 5.56 Å². The van der Waals surface area contributed by atoms with Crippen LogP contribution in [0.3, 0.4) is 0 Å². The molecule has 2 aromatic carbocycles. The molecule has 1 aromatic heterocycles. The zero-order valence-corrected chi connectivity index (χ0v) is 23.2. The Hall–Kier alpha value is -3.39. The van der Waals surface area contributed by atoms with Crippen LogP contribution in [0.2, 0.25) is 0 Å². The van der Waals surface area contributed by atoms with Gasteiger partial charge in [0.15, 0.2) is 0 Å². The van der Waals surface area contributed by atoms with Gasteiger partial charge in [0.25, 0.3) is 11.8 Å². The Morgan fingerprint density at radius 3 is 2.05 bits per heavy atom. The highest BCUT2D eigenvalue weighted by Crippen LogP contribution is 2.47. The Balaban J connectivity index is 1.04. The molecule has 2 amide bonds. The molecular weight excluding hydrogens is 488 g/mol. The van der Waals surface area contributed by atoms with Crippen molar-refractivity contribution in [3.8, 4) is 0 Å². The predicted molar refractivity (Wildman–Crippen MR) is 154 cm³/mol. The molecule has 0 unspecified atom stereocenters. The van der Waals surface area contributed by atoms with Crippen molar-refractivity contribution in [1.29, 1.82) is 0 Å². The summed E-state index contributed by atoms with van der Waals surface area (Å²) in [7, 11) is 0. The van der Waals surface area contributed by atoms with Crippen molar-refractivity contribution in [3.63, 3.8) is 0 Å². The lowest BCUT2D eigenvalue weighted by Gasteiger charge is -2.53. The largest absolute Gasteiger partial charge is 0.369 e. The molecule has 3 saturated carbocycles. The third kappa shape index (κ3) is 5.14. The number of anilines is 1. The van der Waals surface area contributed by atoms with Gasteiger partial charge in [0, 0.05) is 59.5 Å². The number of fused-ring (bicyclic) bond motifs is 4. The van der Waals surface area contributed by atoms with Gasteiger partial charge in [-0.2, -0.15) is 5.10 Å². The summed E-state index contributed by atoms with van der Waals surface area (Å²) in [6, 6.07) is 12.0. The number of aromatic nitrogens is 2. The number of aromatic amines is 1. The van der Waals surface area contributed by atoms with Gasteiger partial charge in [-0.3, -0.25) is 19.6 Å². The van der Waals surface area contributed by atoms with Gasteiger partial charge in [-0.1, -0.05) is 6.92 Å². The second-order valence-electron chi connectivity index (χ2n) is 12.0. The Kier molecular flexibility index (Phi) is 6.83. The summed E-state index contributed by atoms with van der Waals surface area (Å²) in [5, 5.41) is 14.8. The molecule has 0 atom stereocenters.